The summed E-state index contributed by atoms with van der Waals surface area (Å²) in [7, 11) is 0. The number of hydrogen-bond donors (Lipinski definition) is 0. The van der Waals surface area contributed by atoms with Crippen LogP contribution in [0.1, 0.15) is 22.3 Å². The van der Waals surface area contributed by atoms with E-state index in [1.54, 1.807) is 0 Å². The maximum atomic E-state index is 6.51. The minimum Gasteiger partial charge on any atom is -0.455 e. The average molecular weight is 487 g/mol. The fraction of sp³-hybridized carbons (Fsp3) is 0.0323. The molecular weight excluding hydrogens is 468 g/mol. The number of hydrogen-bond acceptors (Lipinski definition) is 1. The summed E-state index contributed by atoms with van der Waals surface area (Å²) >= 11 is 4.10. The van der Waals surface area contributed by atoms with Crippen LogP contribution in [0, 0.1) is 0 Å². The number of allylic oxidation sites excluding steroid dienone is 5. The number of furan rings is 1. The van der Waals surface area contributed by atoms with Crippen LogP contribution in [0.15, 0.2) is 119 Å². The summed E-state index contributed by atoms with van der Waals surface area (Å²) in [5, 5.41) is 2.32. The lowest BCUT2D eigenvalue weighted by molar-refractivity contribution is 0.669. The van der Waals surface area contributed by atoms with Gasteiger partial charge in [-0.15, -0.1) is 0 Å². The van der Waals surface area contributed by atoms with Gasteiger partial charge in [0.1, 0.15) is 11.2 Å². The molecule has 1 spiro atoms. The highest BCUT2D eigenvalue weighted by atomic mass is 79.9. The van der Waals surface area contributed by atoms with Crippen LogP contribution >= 0.6 is 15.9 Å². The van der Waals surface area contributed by atoms with Crippen molar-refractivity contribution < 1.29 is 4.42 Å². The number of halogens is 1. The minimum absolute atomic E-state index is 0.406. The van der Waals surface area contributed by atoms with Gasteiger partial charge in [-0.05, 0) is 39.5 Å². The maximum Gasteiger partial charge on any atom is 0.143 e. The molecule has 0 fully saturated rings. The molecule has 1 nitrogen and oxygen atoms in total. The quantitative estimate of drug-likeness (QED) is 0.227. The summed E-state index contributed by atoms with van der Waals surface area (Å²) in [6.07, 6.45) is 6.00. The van der Waals surface area contributed by atoms with Gasteiger partial charge < -0.3 is 4.42 Å². The van der Waals surface area contributed by atoms with E-state index in [1.807, 2.05) is 18.2 Å². The van der Waals surface area contributed by atoms with Gasteiger partial charge in [0.15, 0.2) is 0 Å². The predicted octanol–water partition coefficient (Wildman–Crippen LogP) is 8.76. The second-order valence-electron chi connectivity index (χ2n) is 8.63. The van der Waals surface area contributed by atoms with E-state index in [0.717, 1.165) is 26.4 Å². The molecular formula is C31H19BrO. The maximum absolute atomic E-state index is 6.51. The highest BCUT2D eigenvalue weighted by molar-refractivity contribution is 9.12. The zero-order chi connectivity index (χ0) is 22.2. The molecule has 7 rings (SSSR count). The summed E-state index contributed by atoms with van der Waals surface area (Å²) in [5.74, 6) is 0. The lowest BCUT2D eigenvalue weighted by atomic mass is 9.74. The van der Waals surface area contributed by atoms with Gasteiger partial charge in [-0.1, -0.05) is 120 Å². The van der Waals surface area contributed by atoms with Gasteiger partial charge in [0, 0.05) is 20.8 Å². The molecule has 0 bridgehead atoms. The Morgan fingerprint density at radius 2 is 1.42 bits per heavy atom. The third kappa shape index (κ3) is 2.22. The molecule has 0 radical (unpaired) electrons. The molecule has 156 valence electrons. The van der Waals surface area contributed by atoms with Gasteiger partial charge >= 0.3 is 0 Å². The molecule has 0 aliphatic heterocycles. The standard InChI is InChI=1S/C31H19BrO/c1-2-3-10-22-19-11-4-7-14-24(19)31(30(22)32)25-15-8-5-13-23(25)28-26(31)18-17-21-20-12-6-9-16-27(20)33-29(21)28/h2-18H,1H2/b10-3-. The normalized spacial score (nSPS) is 18.5. The number of benzene rings is 4. The van der Waals surface area contributed by atoms with Crippen LogP contribution in [-0.2, 0) is 5.41 Å². The molecule has 0 saturated carbocycles. The molecule has 1 aromatic heterocycles. The third-order valence-electron chi connectivity index (χ3n) is 7.14. The van der Waals surface area contributed by atoms with Crippen molar-refractivity contribution in [3.05, 3.63) is 136 Å². The topological polar surface area (TPSA) is 13.1 Å². The summed E-state index contributed by atoms with van der Waals surface area (Å²) in [5.41, 5.74) is 10.2. The predicted molar refractivity (Wildman–Crippen MR) is 141 cm³/mol. The van der Waals surface area contributed by atoms with Crippen molar-refractivity contribution in [2.24, 2.45) is 0 Å². The second kappa shape index (κ2) is 6.69. The van der Waals surface area contributed by atoms with Gasteiger partial charge in [0.2, 0.25) is 0 Å². The average Bonchev–Trinajstić information content (AvgIpc) is 3.46. The van der Waals surface area contributed by atoms with Crippen LogP contribution < -0.4 is 0 Å². The molecule has 33 heavy (non-hydrogen) atoms. The van der Waals surface area contributed by atoms with Crippen molar-refractivity contribution >= 4 is 43.4 Å². The van der Waals surface area contributed by atoms with E-state index in [4.69, 9.17) is 4.42 Å². The molecule has 5 aromatic rings. The summed E-state index contributed by atoms with van der Waals surface area (Å²) in [6, 6.07) is 30.3. The van der Waals surface area contributed by atoms with Crippen molar-refractivity contribution in [3.8, 4) is 11.1 Å². The van der Waals surface area contributed by atoms with E-state index in [-0.39, 0.29) is 0 Å². The fourth-order valence-corrected chi connectivity index (χ4v) is 6.87. The molecule has 2 aliphatic carbocycles. The number of fused-ring (bicyclic) bond motifs is 11. The molecule has 1 atom stereocenters. The van der Waals surface area contributed by atoms with Gasteiger partial charge in [-0.3, -0.25) is 0 Å². The largest absolute Gasteiger partial charge is 0.455 e. The zero-order valence-electron chi connectivity index (χ0n) is 17.8. The molecule has 1 unspecified atom stereocenters. The Labute approximate surface area is 200 Å². The number of rotatable bonds is 2. The first kappa shape index (κ1) is 18.9. The summed E-state index contributed by atoms with van der Waals surface area (Å²) in [4.78, 5) is 0. The van der Waals surface area contributed by atoms with Crippen LogP contribution in [0.3, 0.4) is 0 Å². The lowest BCUT2D eigenvalue weighted by Crippen LogP contribution is -2.25. The Morgan fingerprint density at radius 1 is 0.727 bits per heavy atom. The van der Waals surface area contributed by atoms with Crippen molar-refractivity contribution in [1.29, 1.82) is 0 Å². The molecule has 1 heterocycles. The van der Waals surface area contributed by atoms with Crippen LogP contribution in [0.25, 0.3) is 38.6 Å². The summed E-state index contributed by atoms with van der Waals surface area (Å²) in [6.45, 7) is 3.88. The molecule has 2 aliphatic rings. The molecule has 0 saturated heterocycles. The Morgan fingerprint density at radius 3 is 2.24 bits per heavy atom. The van der Waals surface area contributed by atoms with Crippen molar-refractivity contribution in [3.63, 3.8) is 0 Å². The minimum atomic E-state index is -0.406. The Kier molecular flexibility index (Phi) is 3.83. The fourth-order valence-electron chi connectivity index (χ4n) is 5.88. The van der Waals surface area contributed by atoms with E-state index in [9.17, 15) is 0 Å². The van der Waals surface area contributed by atoms with Crippen LogP contribution in [0.4, 0.5) is 0 Å². The Hall–Kier alpha value is -3.62. The molecule has 0 amide bonds. The van der Waals surface area contributed by atoms with Gasteiger partial charge in [-0.25, -0.2) is 0 Å². The summed E-state index contributed by atoms with van der Waals surface area (Å²) < 4.78 is 7.67. The molecule has 0 N–H and O–H groups in total. The first-order valence-corrected chi connectivity index (χ1v) is 11.9. The van der Waals surface area contributed by atoms with Crippen LogP contribution in [0.5, 0.6) is 0 Å². The third-order valence-corrected chi connectivity index (χ3v) is 8.16. The van der Waals surface area contributed by atoms with Crippen molar-refractivity contribution in [2.75, 3.05) is 0 Å². The molecule has 2 heteroatoms. The van der Waals surface area contributed by atoms with Crippen molar-refractivity contribution in [1.82, 2.24) is 0 Å². The Balaban J connectivity index is 1.68. The number of para-hydroxylation sites is 1. The highest BCUT2D eigenvalue weighted by Crippen LogP contribution is 2.64. The van der Waals surface area contributed by atoms with Crippen molar-refractivity contribution in [2.45, 2.75) is 5.41 Å². The first-order valence-electron chi connectivity index (χ1n) is 11.1. The monoisotopic (exact) mass is 486 g/mol. The van der Waals surface area contributed by atoms with Gasteiger partial charge in [0.25, 0.3) is 0 Å². The highest BCUT2D eigenvalue weighted by Gasteiger charge is 2.52. The second-order valence-corrected chi connectivity index (χ2v) is 9.42. The zero-order valence-corrected chi connectivity index (χ0v) is 19.4. The van der Waals surface area contributed by atoms with E-state index in [1.165, 1.54) is 39.0 Å². The van der Waals surface area contributed by atoms with Gasteiger partial charge in [0.05, 0.1) is 5.41 Å². The van der Waals surface area contributed by atoms with E-state index in [0.29, 0.717) is 0 Å². The lowest BCUT2D eigenvalue weighted by Gasteiger charge is -2.30. The first-order chi connectivity index (χ1) is 16.3. The Bertz CT molecular complexity index is 1700. The van der Waals surface area contributed by atoms with Crippen LogP contribution in [0.2, 0.25) is 0 Å². The smallest absolute Gasteiger partial charge is 0.143 e. The van der Waals surface area contributed by atoms with E-state index in [2.05, 4.69) is 107 Å². The van der Waals surface area contributed by atoms with Gasteiger partial charge in [-0.2, -0.15) is 0 Å². The SMILES string of the molecule is C=C/C=C\C1=C(Br)C2(c3ccccc31)c1ccccc1-c1c2ccc2c1oc1ccccc12. The van der Waals surface area contributed by atoms with E-state index >= 15 is 0 Å². The van der Waals surface area contributed by atoms with E-state index < -0.39 is 5.41 Å². The molecule has 4 aromatic carbocycles. The van der Waals surface area contributed by atoms with Crippen LogP contribution in [-0.4, -0.2) is 0 Å².